The van der Waals surface area contributed by atoms with Crippen molar-refractivity contribution in [2.75, 3.05) is 19.6 Å². The average molecular weight is 477 g/mol. The minimum Gasteiger partial charge on any atom is -0.359 e. The first-order valence-corrected chi connectivity index (χ1v) is 8.82. The molecule has 1 fully saturated rings. The smallest absolute Gasteiger partial charge is 0.229 e. The summed E-state index contributed by atoms with van der Waals surface area (Å²) in [5.74, 6) is 1.43. The number of likely N-dealkylation sites (tertiary alicyclic amines) is 1. The third kappa shape index (κ3) is 6.58. The number of aromatic nitrogens is 1. The standard InChI is InChI=1S/C17H27N5O3.HI/c1-4-18-17(20-11-13-10-14(12(2)3)21-25-13)19-8-9-22-15(23)6-5-7-16(22)24;/h10,12H,4-9,11H2,1-3H3,(H2,18,19,20);1H. The van der Waals surface area contributed by atoms with E-state index in [-0.39, 0.29) is 35.8 Å². The molecule has 0 spiro atoms. The van der Waals surface area contributed by atoms with Crippen LogP contribution in [0.3, 0.4) is 0 Å². The molecule has 146 valence electrons. The molecule has 1 saturated heterocycles. The number of imide groups is 1. The van der Waals surface area contributed by atoms with Gasteiger partial charge in [-0.15, -0.1) is 24.0 Å². The van der Waals surface area contributed by atoms with E-state index in [4.69, 9.17) is 4.52 Å². The summed E-state index contributed by atoms with van der Waals surface area (Å²) in [5.41, 5.74) is 0.908. The molecule has 1 aliphatic heterocycles. The number of hydrogen-bond acceptors (Lipinski definition) is 5. The summed E-state index contributed by atoms with van der Waals surface area (Å²) in [7, 11) is 0. The Balaban J connectivity index is 0.00000338. The average Bonchev–Trinajstić information content (AvgIpc) is 3.04. The fourth-order valence-electron chi connectivity index (χ4n) is 2.51. The molecule has 26 heavy (non-hydrogen) atoms. The van der Waals surface area contributed by atoms with Crippen LogP contribution in [0.25, 0.3) is 0 Å². The third-order valence-corrected chi connectivity index (χ3v) is 3.92. The number of guanidine groups is 1. The van der Waals surface area contributed by atoms with Crippen LogP contribution < -0.4 is 10.6 Å². The number of hydrogen-bond donors (Lipinski definition) is 2. The molecule has 2 heterocycles. The molecule has 0 aromatic carbocycles. The SMILES string of the molecule is CCNC(=NCc1cc(C(C)C)no1)NCCN1C(=O)CCCC1=O.I. The second-order valence-electron chi connectivity index (χ2n) is 6.29. The molecule has 1 aromatic rings. The van der Waals surface area contributed by atoms with Crippen LogP contribution >= 0.6 is 24.0 Å². The van der Waals surface area contributed by atoms with Gasteiger partial charge in [-0.25, -0.2) is 4.99 Å². The highest BCUT2D eigenvalue weighted by Crippen LogP contribution is 2.14. The van der Waals surface area contributed by atoms with Crippen LogP contribution in [0, 0.1) is 0 Å². The van der Waals surface area contributed by atoms with Gasteiger partial charge in [0.2, 0.25) is 11.8 Å². The maximum Gasteiger partial charge on any atom is 0.229 e. The second-order valence-corrected chi connectivity index (χ2v) is 6.29. The fraction of sp³-hybridized carbons (Fsp3) is 0.647. The lowest BCUT2D eigenvalue weighted by Crippen LogP contribution is -2.46. The molecule has 2 N–H and O–H groups in total. The van der Waals surface area contributed by atoms with Crippen molar-refractivity contribution in [1.82, 2.24) is 20.7 Å². The Labute approximate surface area is 171 Å². The van der Waals surface area contributed by atoms with E-state index < -0.39 is 0 Å². The second kappa shape index (κ2) is 11.1. The van der Waals surface area contributed by atoms with E-state index in [2.05, 4.69) is 34.6 Å². The zero-order valence-electron chi connectivity index (χ0n) is 15.6. The number of aliphatic imine (C=N–C) groups is 1. The maximum atomic E-state index is 11.8. The van der Waals surface area contributed by atoms with Crippen molar-refractivity contribution in [3.8, 4) is 0 Å². The minimum atomic E-state index is -0.0946. The summed E-state index contributed by atoms with van der Waals surface area (Å²) in [6.07, 6.45) is 1.55. The quantitative estimate of drug-likeness (QED) is 0.270. The zero-order chi connectivity index (χ0) is 18.2. The summed E-state index contributed by atoms with van der Waals surface area (Å²) in [6, 6.07) is 1.91. The molecular weight excluding hydrogens is 449 g/mol. The van der Waals surface area contributed by atoms with Gasteiger partial charge in [0.15, 0.2) is 11.7 Å². The molecular formula is C17H28IN5O3. The van der Waals surface area contributed by atoms with Crippen LogP contribution in [0.1, 0.15) is 57.4 Å². The number of rotatable bonds is 7. The van der Waals surface area contributed by atoms with Crippen molar-refractivity contribution < 1.29 is 14.1 Å². The van der Waals surface area contributed by atoms with Crippen LogP contribution in [0.5, 0.6) is 0 Å². The molecule has 0 radical (unpaired) electrons. The Morgan fingerprint density at radius 1 is 1.31 bits per heavy atom. The first-order chi connectivity index (χ1) is 12.0. The molecule has 0 saturated carbocycles. The van der Waals surface area contributed by atoms with Gasteiger partial charge in [0, 0.05) is 38.5 Å². The monoisotopic (exact) mass is 477 g/mol. The summed E-state index contributed by atoms with van der Waals surface area (Å²) >= 11 is 0. The van der Waals surface area contributed by atoms with E-state index in [0.717, 1.165) is 5.69 Å². The van der Waals surface area contributed by atoms with E-state index in [9.17, 15) is 9.59 Å². The van der Waals surface area contributed by atoms with Gasteiger partial charge in [-0.1, -0.05) is 19.0 Å². The van der Waals surface area contributed by atoms with Gasteiger partial charge in [0.05, 0.1) is 5.69 Å². The first kappa shape index (κ1) is 22.4. The van der Waals surface area contributed by atoms with Crippen LogP contribution in [0.2, 0.25) is 0 Å². The van der Waals surface area contributed by atoms with E-state index >= 15 is 0 Å². The molecule has 0 unspecified atom stereocenters. The van der Waals surface area contributed by atoms with E-state index in [1.807, 2.05) is 13.0 Å². The van der Waals surface area contributed by atoms with Crippen molar-refractivity contribution in [2.45, 2.75) is 52.5 Å². The number of carbonyl (C=O) groups is 2. The normalized spacial score (nSPS) is 15.2. The molecule has 1 aliphatic rings. The van der Waals surface area contributed by atoms with Gasteiger partial charge in [-0.3, -0.25) is 14.5 Å². The van der Waals surface area contributed by atoms with Gasteiger partial charge in [0.25, 0.3) is 0 Å². The lowest BCUT2D eigenvalue weighted by Gasteiger charge is -2.25. The van der Waals surface area contributed by atoms with E-state index in [0.29, 0.717) is 63.1 Å². The van der Waals surface area contributed by atoms with Crippen molar-refractivity contribution in [2.24, 2.45) is 4.99 Å². The van der Waals surface area contributed by atoms with Crippen LogP contribution in [0.15, 0.2) is 15.6 Å². The highest BCUT2D eigenvalue weighted by Gasteiger charge is 2.25. The van der Waals surface area contributed by atoms with Crippen molar-refractivity contribution in [3.63, 3.8) is 0 Å². The topological polar surface area (TPSA) is 99.8 Å². The largest absolute Gasteiger partial charge is 0.359 e. The molecule has 2 amide bonds. The van der Waals surface area contributed by atoms with E-state index in [1.165, 1.54) is 4.90 Å². The zero-order valence-corrected chi connectivity index (χ0v) is 17.9. The summed E-state index contributed by atoms with van der Waals surface area (Å²) in [4.78, 5) is 29.3. The molecule has 8 nitrogen and oxygen atoms in total. The Morgan fingerprint density at radius 2 is 2.00 bits per heavy atom. The summed E-state index contributed by atoms with van der Waals surface area (Å²) in [5, 5.41) is 10.3. The number of carbonyl (C=O) groups excluding carboxylic acids is 2. The lowest BCUT2D eigenvalue weighted by atomic mass is 10.1. The Hall–Kier alpha value is -1.65. The van der Waals surface area contributed by atoms with Gasteiger partial charge in [-0.2, -0.15) is 0 Å². The summed E-state index contributed by atoms with van der Waals surface area (Å²) in [6.45, 7) is 7.97. The molecule has 1 aromatic heterocycles. The highest BCUT2D eigenvalue weighted by molar-refractivity contribution is 14.0. The summed E-state index contributed by atoms with van der Waals surface area (Å²) < 4.78 is 5.27. The molecule has 0 bridgehead atoms. The van der Waals surface area contributed by atoms with Crippen LogP contribution in [0.4, 0.5) is 0 Å². The number of nitrogens with one attached hydrogen (secondary N) is 2. The first-order valence-electron chi connectivity index (χ1n) is 8.82. The molecule has 0 aliphatic carbocycles. The number of nitrogens with zero attached hydrogens (tertiary/aromatic N) is 3. The highest BCUT2D eigenvalue weighted by atomic mass is 127. The Bertz CT molecular complexity index is 614. The number of halogens is 1. The maximum absolute atomic E-state index is 11.8. The van der Waals surface area contributed by atoms with Gasteiger partial charge in [-0.05, 0) is 19.3 Å². The van der Waals surface area contributed by atoms with Gasteiger partial charge >= 0.3 is 0 Å². The number of amides is 2. The Kier molecular flexibility index (Phi) is 9.60. The number of piperidine rings is 1. The minimum absolute atomic E-state index is 0. The Morgan fingerprint density at radius 3 is 2.58 bits per heavy atom. The predicted octanol–water partition coefficient (Wildman–Crippen LogP) is 2.01. The van der Waals surface area contributed by atoms with Gasteiger partial charge < -0.3 is 15.2 Å². The fourth-order valence-corrected chi connectivity index (χ4v) is 2.51. The third-order valence-electron chi connectivity index (χ3n) is 3.92. The van der Waals surface area contributed by atoms with Crippen LogP contribution in [-0.4, -0.2) is 47.5 Å². The van der Waals surface area contributed by atoms with Crippen molar-refractivity contribution in [1.29, 1.82) is 0 Å². The van der Waals surface area contributed by atoms with Crippen molar-refractivity contribution in [3.05, 3.63) is 17.5 Å². The van der Waals surface area contributed by atoms with Crippen LogP contribution in [-0.2, 0) is 16.1 Å². The van der Waals surface area contributed by atoms with Gasteiger partial charge in [0.1, 0.15) is 6.54 Å². The van der Waals surface area contributed by atoms with Crippen molar-refractivity contribution >= 4 is 41.8 Å². The predicted molar refractivity (Wildman–Crippen MR) is 109 cm³/mol. The molecule has 9 heteroatoms. The van der Waals surface area contributed by atoms with E-state index in [1.54, 1.807) is 0 Å². The molecule has 0 atom stereocenters. The lowest BCUT2D eigenvalue weighted by molar-refractivity contribution is -0.147. The molecule has 2 rings (SSSR count).